The number of amides is 1. The van der Waals surface area contributed by atoms with E-state index in [4.69, 9.17) is 0 Å². The van der Waals surface area contributed by atoms with Crippen molar-refractivity contribution in [3.05, 3.63) is 64.8 Å². The van der Waals surface area contributed by atoms with Crippen molar-refractivity contribution >= 4 is 17.2 Å². The summed E-state index contributed by atoms with van der Waals surface area (Å²) >= 11 is 1.57. The Morgan fingerprint density at radius 1 is 1.23 bits per heavy atom. The molecule has 1 aromatic carbocycles. The number of hydrogen-bond donors (Lipinski definition) is 1. The van der Waals surface area contributed by atoms with Crippen molar-refractivity contribution in [1.29, 1.82) is 0 Å². The molecule has 0 saturated carbocycles. The molecule has 0 unspecified atom stereocenters. The van der Waals surface area contributed by atoms with Gasteiger partial charge in [0.05, 0.1) is 17.3 Å². The summed E-state index contributed by atoms with van der Waals surface area (Å²) in [6, 6.07) is 8.70. The monoisotopic (exact) mass is 379 g/mol. The van der Waals surface area contributed by atoms with E-state index in [1.54, 1.807) is 22.2 Å². The summed E-state index contributed by atoms with van der Waals surface area (Å²) in [4.78, 5) is 14.2. The zero-order chi connectivity index (χ0) is 18.7. The Bertz CT molecular complexity index is 914. The maximum atomic E-state index is 13.0. The number of carbonyl (C=O) groups excluding carboxylic acids is 1. The topological polar surface area (TPSA) is 46.9 Å². The average Bonchev–Trinajstić information content (AvgIpc) is 3.23. The second kappa shape index (κ2) is 7.33. The number of alkyl halides is 3. The third-order valence-electron chi connectivity index (χ3n) is 3.79. The van der Waals surface area contributed by atoms with Gasteiger partial charge in [0.25, 0.3) is 5.91 Å². The Kier molecular flexibility index (Phi) is 5.13. The molecule has 4 nitrogen and oxygen atoms in total. The minimum Gasteiger partial charge on any atom is -0.352 e. The molecule has 1 N–H and O–H groups in total. The van der Waals surface area contributed by atoms with Crippen molar-refractivity contribution in [3.63, 3.8) is 0 Å². The molecule has 2 heterocycles. The molecule has 0 saturated heterocycles. The van der Waals surface area contributed by atoms with Crippen molar-refractivity contribution < 1.29 is 18.0 Å². The van der Waals surface area contributed by atoms with Crippen LogP contribution in [-0.4, -0.2) is 22.2 Å². The number of halogens is 3. The van der Waals surface area contributed by atoms with Crippen LogP contribution in [0, 0.1) is 0 Å². The van der Waals surface area contributed by atoms with Crippen molar-refractivity contribution in [3.8, 4) is 10.4 Å². The second-order valence-corrected chi connectivity index (χ2v) is 6.89. The fraction of sp³-hybridized carbons (Fsp3) is 0.222. The lowest BCUT2D eigenvalue weighted by Crippen LogP contribution is -2.28. The number of benzene rings is 1. The molecule has 3 aromatic rings. The molecular weight excluding hydrogens is 363 g/mol. The number of carbonyl (C=O) groups is 1. The lowest BCUT2D eigenvalue weighted by Gasteiger charge is -2.12. The van der Waals surface area contributed by atoms with Gasteiger partial charge in [0.1, 0.15) is 0 Å². The molecule has 8 heteroatoms. The fourth-order valence-corrected chi connectivity index (χ4v) is 3.52. The molecule has 0 bridgehead atoms. The van der Waals surface area contributed by atoms with E-state index in [0.717, 1.165) is 21.4 Å². The van der Waals surface area contributed by atoms with E-state index in [0.29, 0.717) is 6.42 Å². The summed E-state index contributed by atoms with van der Waals surface area (Å²) < 4.78 is 40.6. The molecule has 136 valence electrons. The Morgan fingerprint density at radius 3 is 2.69 bits per heavy atom. The van der Waals surface area contributed by atoms with Crippen LogP contribution in [-0.2, 0) is 19.6 Å². The van der Waals surface area contributed by atoms with Crippen LogP contribution >= 0.6 is 11.3 Å². The van der Waals surface area contributed by atoms with Crippen LogP contribution in [0.1, 0.15) is 20.8 Å². The quantitative estimate of drug-likeness (QED) is 0.724. The number of aromatic nitrogens is 2. The number of hydrogen-bond acceptors (Lipinski definition) is 3. The van der Waals surface area contributed by atoms with E-state index in [1.807, 2.05) is 25.4 Å². The lowest BCUT2D eigenvalue weighted by molar-refractivity contribution is -0.137. The van der Waals surface area contributed by atoms with Gasteiger partial charge in [0, 0.05) is 35.1 Å². The molecule has 3 rings (SSSR count). The number of aryl methyl sites for hydroxylation is 1. The summed E-state index contributed by atoms with van der Waals surface area (Å²) in [7, 11) is 1.84. The average molecular weight is 379 g/mol. The second-order valence-electron chi connectivity index (χ2n) is 5.72. The first-order valence-corrected chi connectivity index (χ1v) is 8.68. The highest BCUT2D eigenvalue weighted by molar-refractivity contribution is 7.15. The summed E-state index contributed by atoms with van der Waals surface area (Å²) in [5.41, 5.74) is -0.276. The minimum absolute atomic E-state index is 0.262. The van der Waals surface area contributed by atoms with Crippen LogP contribution in [0.4, 0.5) is 13.2 Å². The summed E-state index contributed by atoms with van der Waals surface area (Å²) in [5, 5.41) is 6.69. The van der Waals surface area contributed by atoms with E-state index < -0.39 is 17.6 Å². The van der Waals surface area contributed by atoms with E-state index in [1.165, 1.54) is 18.2 Å². The number of nitrogens with one attached hydrogen (secondary N) is 1. The standard InChI is InChI=1S/C18H16F3N3OS/c1-24-11-12(10-23-24)16-7-6-13(26-16)8-9-22-17(25)14-4-2-3-5-15(14)18(19,20)21/h2-7,10-11H,8-9H2,1H3,(H,22,25). The van der Waals surface area contributed by atoms with Crippen LogP contribution in [0.25, 0.3) is 10.4 Å². The van der Waals surface area contributed by atoms with Gasteiger partial charge in [-0.2, -0.15) is 18.3 Å². The van der Waals surface area contributed by atoms with Crippen molar-refractivity contribution in [2.24, 2.45) is 7.05 Å². The fourth-order valence-electron chi connectivity index (χ4n) is 2.54. The maximum Gasteiger partial charge on any atom is 0.417 e. The summed E-state index contributed by atoms with van der Waals surface area (Å²) in [6.07, 6.45) is -0.331. The minimum atomic E-state index is -4.56. The van der Waals surface area contributed by atoms with E-state index in [9.17, 15) is 18.0 Å². The third kappa shape index (κ3) is 4.13. The van der Waals surface area contributed by atoms with Crippen molar-refractivity contribution in [2.45, 2.75) is 12.6 Å². The normalized spacial score (nSPS) is 11.5. The predicted octanol–water partition coefficient (Wildman–Crippen LogP) is 4.14. The van der Waals surface area contributed by atoms with Crippen molar-refractivity contribution in [2.75, 3.05) is 6.54 Å². The molecule has 26 heavy (non-hydrogen) atoms. The first kappa shape index (κ1) is 18.2. The highest BCUT2D eigenvalue weighted by atomic mass is 32.1. The highest BCUT2D eigenvalue weighted by Gasteiger charge is 2.34. The van der Waals surface area contributed by atoms with Gasteiger partial charge in [0.2, 0.25) is 0 Å². The van der Waals surface area contributed by atoms with Gasteiger partial charge in [-0.15, -0.1) is 11.3 Å². The molecule has 0 aliphatic heterocycles. The number of nitrogens with zero attached hydrogens (tertiary/aromatic N) is 2. The van der Waals surface area contributed by atoms with Crippen LogP contribution in [0.5, 0.6) is 0 Å². The molecule has 0 spiro atoms. The van der Waals surface area contributed by atoms with E-state index in [-0.39, 0.29) is 12.1 Å². The van der Waals surface area contributed by atoms with Crippen LogP contribution < -0.4 is 5.32 Å². The van der Waals surface area contributed by atoms with Crippen LogP contribution in [0.2, 0.25) is 0 Å². The van der Waals surface area contributed by atoms with Crippen LogP contribution in [0.3, 0.4) is 0 Å². The first-order chi connectivity index (χ1) is 12.3. The first-order valence-electron chi connectivity index (χ1n) is 7.87. The SMILES string of the molecule is Cn1cc(-c2ccc(CCNC(=O)c3ccccc3C(F)(F)F)s2)cn1. The molecule has 0 aliphatic carbocycles. The molecule has 0 fully saturated rings. The molecule has 0 aliphatic rings. The molecule has 0 atom stereocenters. The molecule has 0 radical (unpaired) electrons. The zero-order valence-electron chi connectivity index (χ0n) is 13.9. The third-order valence-corrected chi connectivity index (χ3v) is 4.98. The summed E-state index contributed by atoms with van der Waals surface area (Å²) in [6.45, 7) is 0.262. The van der Waals surface area contributed by atoms with Gasteiger partial charge in [-0.05, 0) is 30.7 Å². The Morgan fingerprint density at radius 2 is 2.00 bits per heavy atom. The Labute approximate surface area is 152 Å². The maximum absolute atomic E-state index is 13.0. The number of thiophene rings is 1. The Hall–Kier alpha value is -2.61. The van der Waals surface area contributed by atoms with Crippen molar-refractivity contribution in [1.82, 2.24) is 15.1 Å². The van der Waals surface area contributed by atoms with Gasteiger partial charge >= 0.3 is 6.18 Å². The van der Waals surface area contributed by atoms with E-state index >= 15 is 0 Å². The molecule has 1 amide bonds. The molecule has 2 aromatic heterocycles. The smallest absolute Gasteiger partial charge is 0.352 e. The highest BCUT2D eigenvalue weighted by Crippen LogP contribution is 2.32. The lowest BCUT2D eigenvalue weighted by atomic mass is 10.1. The van der Waals surface area contributed by atoms with Gasteiger partial charge in [-0.25, -0.2) is 0 Å². The van der Waals surface area contributed by atoms with Gasteiger partial charge in [-0.3, -0.25) is 9.48 Å². The zero-order valence-corrected chi connectivity index (χ0v) is 14.7. The summed E-state index contributed by atoms with van der Waals surface area (Å²) in [5.74, 6) is -0.720. The van der Waals surface area contributed by atoms with Gasteiger partial charge in [-0.1, -0.05) is 12.1 Å². The largest absolute Gasteiger partial charge is 0.417 e. The van der Waals surface area contributed by atoms with Crippen LogP contribution in [0.15, 0.2) is 48.8 Å². The van der Waals surface area contributed by atoms with Gasteiger partial charge < -0.3 is 5.32 Å². The Balaban J connectivity index is 1.61. The van der Waals surface area contributed by atoms with E-state index in [2.05, 4.69) is 10.4 Å². The van der Waals surface area contributed by atoms with Gasteiger partial charge in [0.15, 0.2) is 0 Å². The number of rotatable bonds is 5. The molecular formula is C18H16F3N3OS. The predicted molar refractivity (Wildman–Crippen MR) is 94.0 cm³/mol.